The van der Waals surface area contributed by atoms with Crippen molar-refractivity contribution in [2.24, 2.45) is 15.0 Å². The van der Waals surface area contributed by atoms with Crippen molar-refractivity contribution in [3.05, 3.63) is 88.8 Å². The summed E-state index contributed by atoms with van der Waals surface area (Å²) in [5.74, 6) is -0.537. The molecule has 3 amide bonds. The second kappa shape index (κ2) is 33.3. The molecule has 3 N–H and O–H groups in total. The number of aromatic nitrogens is 3. The Morgan fingerprint density at radius 2 is 0.810 bits per heavy atom. The molecule has 0 saturated heterocycles. The quantitative estimate of drug-likeness (QED) is 0.193. The normalized spacial score (nSPS) is 16.5. The van der Waals surface area contributed by atoms with E-state index in [4.69, 9.17) is 19.7 Å². The van der Waals surface area contributed by atoms with Crippen molar-refractivity contribution in [1.82, 2.24) is 30.9 Å². The monoisotopic (exact) mass is 1590 g/mol. The van der Waals surface area contributed by atoms with Crippen molar-refractivity contribution in [3.63, 3.8) is 0 Å². The largest absolute Gasteiger partial charge is 2.00 e. The van der Waals surface area contributed by atoms with Gasteiger partial charge in [-0.3, -0.25) is 44.3 Å². The number of halogens is 6. The average Bonchev–Trinajstić information content (AvgIpc) is 3.18. The zero-order chi connectivity index (χ0) is 46.9. The van der Waals surface area contributed by atoms with Gasteiger partial charge in [-0.2, -0.15) is 0 Å². The minimum atomic E-state index is -0.347. The third-order valence-electron chi connectivity index (χ3n) is 7.90. The first kappa shape index (κ1) is 62.7. The standard InChI is InChI=1S/C39H51N9O3.C4H10O.Co.2I3/c1-37(2,3)46-34(49)25-10-13-28(40-19-25)22-43-31-16-32(44-23-29-14-11-26(20-41-29)35(50)47-38(4,5)6)18-33(17-31)45-24-30-15-12-27(21-42-30)36(51)48-39(7,8)9;1-3-5-4-2;;2*1-3-2/h10-15,19-24,31-33H,16-18H2,1-9H3,(H,46,49)(H,47,50)(H,48,51);3-4H2,1-2H3;;;/q;;+2;2*-1. The van der Waals surface area contributed by atoms with Crippen LogP contribution in [0.5, 0.6) is 0 Å². The van der Waals surface area contributed by atoms with Crippen LogP contribution in [0.2, 0.25) is 0 Å². The van der Waals surface area contributed by atoms with Gasteiger partial charge < -0.3 is 20.7 Å². The molecule has 20 heteroatoms. The smallest absolute Gasteiger partial charge is 2.00 e. The fraction of sp³-hybridized carbons (Fsp3) is 0.512. The van der Waals surface area contributed by atoms with Crippen LogP contribution in [0.15, 0.2) is 70.0 Å². The summed E-state index contributed by atoms with van der Waals surface area (Å²) in [6, 6.07) is 10.3. The van der Waals surface area contributed by atoms with Gasteiger partial charge in [-0.05, 0) is 132 Å². The van der Waals surface area contributed by atoms with E-state index < -0.39 is 0 Å². The Labute approximate surface area is 445 Å². The predicted octanol–water partition coefficient (Wildman–Crippen LogP) is 3.99. The first-order chi connectivity index (χ1) is 29.1. The maximum absolute atomic E-state index is 12.5. The molecule has 1 aliphatic rings. The molecule has 3 aromatic rings. The van der Waals surface area contributed by atoms with Gasteiger partial charge in [-0.25, -0.2) is 0 Å². The van der Waals surface area contributed by atoms with E-state index in [9.17, 15) is 14.4 Å². The fourth-order valence-electron chi connectivity index (χ4n) is 5.43. The average molecular weight is 1590 g/mol. The summed E-state index contributed by atoms with van der Waals surface area (Å²) in [6.07, 6.45) is 12.0. The zero-order valence-electron chi connectivity index (χ0n) is 37.6. The van der Waals surface area contributed by atoms with Crippen LogP contribution in [0.25, 0.3) is 0 Å². The van der Waals surface area contributed by atoms with Gasteiger partial charge in [0.15, 0.2) is 0 Å². The third-order valence-corrected chi connectivity index (χ3v) is 7.90. The van der Waals surface area contributed by atoms with E-state index >= 15 is 0 Å². The van der Waals surface area contributed by atoms with E-state index in [1.165, 1.54) is 0 Å². The maximum atomic E-state index is 12.5. The molecule has 3 aromatic heterocycles. The molecule has 3 heterocycles. The van der Waals surface area contributed by atoms with Gasteiger partial charge in [0.1, 0.15) is 0 Å². The minimum Gasteiger partial charge on any atom is 2.00 e. The summed E-state index contributed by atoms with van der Waals surface area (Å²) in [5, 5.41) is 8.83. The summed E-state index contributed by atoms with van der Waals surface area (Å²) in [6.45, 7) is 23.0. The van der Waals surface area contributed by atoms with E-state index in [1.54, 1.807) is 73.6 Å². The Kier molecular flexibility index (Phi) is 33.1. The second-order valence-electron chi connectivity index (χ2n) is 16.9. The minimum absolute atomic E-state index is 0. The van der Waals surface area contributed by atoms with Gasteiger partial charge >= 0.3 is 118 Å². The van der Waals surface area contributed by atoms with Crippen LogP contribution in [0.3, 0.4) is 0 Å². The first-order valence-corrected chi connectivity index (χ1v) is 45.0. The topological polar surface area (TPSA) is 172 Å². The summed E-state index contributed by atoms with van der Waals surface area (Å²) < 4.78 is 4.83. The van der Waals surface area contributed by atoms with Crippen LogP contribution < -0.4 is 42.5 Å². The molecule has 4 rings (SSSR count). The number of nitrogens with zero attached hydrogens (tertiary/aromatic N) is 6. The zero-order valence-corrected chi connectivity index (χ0v) is 51.6. The molecule has 0 unspecified atom stereocenters. The van der Waals surface area contributed by atoms with Crippen LogP contribution >= 0.6 is 74.5 Å². The van der Waals surface area contributed by atoms with Crippen molar-refractivity contribution in [1.29, 1.82) is 0 Å². The Morgan fingerprint density at radius 3 is 0.968 bits per heavy atom. The van der Waals surface area contributed by atoms with Crippen molar-refractivity contribution in [3.8, 4) is 0 Å². The van der Waals surface area contributed by atoms with Gasteiger partial charge in [0.25, 0.3) is 17.7 Å². The fourth-order valence-corrected chi connectivity index (χ4v) is 5.43. The van der Waals surface area contributed by atoms with Crippen LogP contribution in [0, 0.1) is 0 Å². The number of hydrogen-bond acceptors (Lipinski definition) is 10. The summed E-state index contributed by atoms with van der Waals surface area (Å²) >= 11 is 10.6. The molecular weight excluding hydrogens is 1530 g/mol. The molecule has 1 radical (unpaired) electrons. The number of hydrogen-bond donors (Lipinski definition) is 3. The van der Waals surface area contributed by atoms with Gasteiger partial charge in [0.2, 0.25) is 0 Å². The SMILES string of the molecule is CC(C)(C)NC(=O)c1ccc(C=NC2CC(N=Cc3ccc(C(=O)NC(C)(C)C)cn3)CC(N=Cc3ccc(C(=O)NC(C)(C)C)cn3)C2)nc1.CCOCC.I[I-]I.I[I-]I.[Co+2]. The number of nitrogens with one attached hydrogen (secondary N) is 3. The van der Waals surface area contributed by atoms with Crippen molar-refractivity contribution >= 4 is 111 Å². The van der Waals surface area contributed by atoms with Crippen LogP contribution in [0.1, 0.15) is 144 Å². The molecule has 63 heavy (non-hydrogen) atoms. The molecule has 13 nitrogen and oxygen atoms in total. The number of pyridine rings is 3. The molecule has 1 saturated carbocycles. The van der Waals surface area contributed by atoms with Crippen LogP contribution in [0.4, 0.5) is 0 Å². The molecule has 0 atom stereocenters. The summed E-state index contributed by atoms with van der Waals surface area (Å²) in [4.78, 5) is 65.4. The van der Waals surface area contributed by atoms with Gasteiger partial charge in [-0.15, -0.1) is 0 Å². The number of carbonyl (C=O) groups is 3. The second-order valence-corrected chi connectivity index (χ2v) is 49.4. The van der Waals surface area contributed by atoms with E-state index in [1.807, 2.05) is 76.2 Å². The van der Waals surface area contributed by atoms with Gasteiger partial charge in [0, 0.05) is 67.1 Å². The Bertz CT molecular complexity index is 1650. The molecule has 0 aromatic carbocycles. The van der Waals surface area contributed by atoms with Gasteiger partial charge in [-0.1, -0.05) is 0 Å². The van der Waals surface area contributed by atoms with Crippen molar-refractivity contribution in [2.45, 2.75) is 130 Å². The number of aliphatic imine (C=N–C) groups is 3. The number of rotatable bonds is 11. The Hall–Kier alpha value is -0.284. The molecular formula is C43H61CoI6N9O4. The summed E-state index contributed by atoms with van der Waals surface area (Å²) in [5.41, 5.74) is 2.35. The molecule has 1 aliphatic carbocycles. The maximum Gasteiger partial charge on any atom is 2.00 e. The molecule has 0 aliphatic heterocycles. The van der Waals surface area contributed by atoms with Crippen molar-refractivity contribution < 1.29 is 62.4 Å². The third kappa shape index (κ3) is 30.0. The molecule has 1 fully saturated rings. The van der Waals surface area contributed by atoms with Crippen LogP contribution in [-0.4, -0.2) is 99.3 Å². The predicted molar refractivity (Wildman–Crippen MR) is 281 cm³/mol. The van der Waals surface area contributed by atoms with E-state index in [-0.39, 0.29) is 69.2 Å². The number of amides is 3. The summed E-state index contributed by atoms with van der Waals surface area (Å²) in [7, 11) is 0. The van der Waals surface area contributed by atoms with Gasteiger partial charge in [0.05, 0.1) is 51.9 Å². The van der Waals surface area contributed by atoms with Crippen LogP contribution in [-0.2, 0) is 21.5 Å². The van der Waals surface area contributed by atoms with E-state index in [0.717, 1.165) is 13.2 Å². The Morgan fingerprint density at radius 1 is 0.571 bits per heavy atom. The van der Waals surface area contributed by atoms with E-state index in [2.05, 4.69) is 105 Å². The number of carbonyl (C=O) groups excluding carboxylic acids is 3. The number of ether oxygens (including phenoxy) is 1. The molecule has 0 spiro atoms. The Balaban J connectivity index is 0.00000287. The first-order valence-electron chi connectivity index (χ1n) is 19.8. The molecule has 0 bridgehead atoms. The van der Waals surface area contributed by atoms with Crippen molar-refractivity contribution in [2.75, 3.05) is 13.2 Å². The van der Waals surface area contributed by atoms with E-state index in [0.29, 0.717) is 79.5 Å². The molecule has 353 valence electrons.